The second-order valence-corrected chi connectivity index (χ2v) is 10.2. The summed E-state index contributed by atoms with van der Waals surface area (Å²) in [5, 5.41) is 4.23. The molecule has 5 nitrogen and oxygen atoms in total. The molecule has 1 aliphatic carbocycles. The number of benzene rings is 2. The number of carbonyl (C=O) groups excluding carboxylic acids is 2. The van der Waals surface area contributed by atoms with Gasteiger partial charge in [0.05, 0.1) is 11.3 Å². The van der Waals surface area contributed by atoms with Crippen molar-refractivity contribution in [1.82, 2.24) is 0 Å². The summed E-state index contributed by atoms with van der Waals surface area (Å²) >= 11 is 7.54. The number of hydrogen-bond donors (Lipinski definition) is 1. The van der Waals surface area contributed by atoms with Crippen LogP contribution in [0.1, 0.15) is 59.0 Å². The zero-order chi connectivity index (χ0) is 23.7. The number of halogens is 1. The molecule has 2 aliphatic rings. The first-order valence-corrected chi connectivity index (χ1v) is 13.0. The van der Waals surface area contributed by atoms with E-state index in [4.69, 9.17) is 16.6 Å². The van der Waals surface area contributed by atoms with E-state index in [1.165, 1.54) is 4.88 Å². The van der Waals surface area contributed by atoms with Gasteiger partial charge in [0, 0.05) is 27.7 Å². The molecule has 2 heterocycles. The maximum Gasteiger partial charge on any atom is 0.277 e. The highest BCUT2D eigenvalue weighted by molar-refractivity contribution is 7.16. The van der Waals surface area contributed by atoms with Crippen molar-refractivity contribution in [1.29, 1.82) is 0 Å². The molecule has 0 saturated heterocycles. The molecule has 1 aromatic heterocycles. The van der Waals surface area contributed by atoms with Crippen LogP contribution in [-0.4, -0.2) is 24.1 Å². The average molecular weight is 492 g/mol. The molecular weight excluding hydrogens is 466 g/mol. The summed E-state index contributed by atoms with van der Waals surface area (Å²) in [6.45, 7) is 2.78. The van der Waals surface area contributed by atoms with Gasteiger partial charge >= 0.3 is 0 Å². The first-order valence-electron chi connectivity index (χ1n) is 11.8. The third-order valence-electron chi connectivity index (χ3n) is 6.33. The molecule has 1 aliphatic heterocycles. The van der Waals surface area contributed by atoms with E-state index in [1.54, 1.807) is 35.6 Å². The SMILES string of the molecule is CCCCN1C(=O)C(=Nc2sc3c(c2C(=O)Nc2ccc(Cl)cc2)CCCC3)c2ccccc21. The summed E-state index contributed by atoms with van der Waals surface area (Å²) in [5.41, 5.74) is 4.50. The summed E-state index contributed by atoms with van der Waals surface area (Å²) in [5.74, 6) is -0.285. The van der Waals surface area contributed by atoms with E-state index >= 15 is 0 Å². The lowest BCUT2D eigenvalue weighted by atomic mass is 9.95. The molecule has 5 rings (SSSR count). The summed E-state index contributed by atoms with van der Waals surface area (Å²) < 4.78 is 0. The highest BCUT2D eigenvalue weighted by atomic mass is 35.5. The fraction of sp³-hybridized carbons (Fsp3) is 0.296. The predicted molar refractivity (Wildman–Crippen MR) is 140 cm³/mol. The van der Waals surface area contributed by atoms with Gasteiger partial charge in [-0.05, 0) is 68.0 Å². The zero-order valence-electron chi connectivity index (χ0n) is 19.1. The van der Waals surface area contributed by atoms with E-state index in [0.29, 0.717) is 33.5 Å². The third-order valence-corrected chi connectivity index (χ3v) is 7.77. The standard InChI is InChI=1S/C27H26ClN3O2S/c1-2-3-16-31-21-10-6-4-8-19(21)24(27(31)33)30-26-23(20-9-5-7-11-22(20)34-26)25(32)29-18-14-12-17(28)13-15-18/h4,6,8,10,12-15H,2-3,5,7,9,11,16H2,1H3,(H,29,32). The molecule has 0 bridgehead atoms. The quantitative estimate of drug-likeness (QED) is 0.412. The summed E-state index contributed by atoms with van der Waals surface area (Å²) in [6.07, 6.45) is 5.88. The Morgan fingerprint density at radius 3 is 2.68 bits per heavy atom. The number of rotatable bonds is 6. The normalized spacial score (nSPS) is 16.0. The highest BCUT2D eigenvalue weighted by Gasteiger charge is 2.34. The summed E-state index contributed by atoms with van der Waals surface area (Å²) in [4.78, 5) is 34.8. The molecule has 0 spiro atoms. The molecule has 0 saturated carbocycles. The molecule has 174 valence electrons. The molecule has 0 radical (unpaired) electrons. The Bertz CT molecular complexity index is 1280. The number of amides is 2. The van der Waals surface area contributed by atoms with Gasteiger partial charge in [-0.2, -0.15) is 0 Å². The first-order chi connectivity index (χ1) is 16.6. The number of fused-ring (bicyclic) bond motifs is 2. The fourth-order valence-corrected chi connectivity index (χ4v) is 5.99. The Morgan fingerprint density at radius 1 is 1.12 bits per heavy atom. The van der Waals surface area contributed by atoms with Gasteiger partial charge in [-0.3, -0.25) is 9.59 Å². The van der Waals surface area contributed by atoms with Crippen molar-refractivity contribution in [3.63, 3.8) is 0 Å². The molecule has 2 aromatic carbocycles. The molecule has 0 fully saturated rings. The van der Waals surface area contributed by atoms with Crippen molar-refractivity contribution < 1.29 is 9.59 Å². The summed E-state index contributed by atoms with van der Waals surface area (Å²) in [6, 6.07) is 14.9. The van der Waals surface area contributed by atoms with Crippen LogP contribution in [-0.2, 0) is 17.6 Å². The number of anilines is 2. The second-order valence-electron chi connectivity index (χ2n) is 8.64. The van der Waals surface area contributed by atoms with Crippen LogP contribution in [0.3, 0.4) is 0 Å². The smallest absolute Gasteiger partial charge is 0.277 e. The van der Waals surface area contributed by atoms with E-state index in [-0.39, 0.29) is 11.8 Å². The highest BCUT2D eigenvalue weighted by Crippen LogP contribution is 2.42. The minimum absolute atomic E-state index is 0.0925. The molecule has 3 aromatic rings. The lowest BCUT2D eigenvalue weighted by Crippen LogP contribution is -2.30. The minimum Gasteiger partial charge on any atom is -0.322 e. The Labute approximate surface area is 208 Å². The number of nitrogens with zero attached hydrogens (tertiary/aromatic N) is 2. The Hall–Kier alpha value is -2.96. The van der Waals surface area contributed by atoms with Crippen LogP contribution in [0.25, 0.3) is 0 Å². The largest absolute Gasteiger partial charge is 0.322 e. The molecule has 0 unspecified atom stereocenters. The molecule has 2 amide bonds. The Balaban J connectivity index is 1.56. The first kappa shape index (κ1) is 22.8. The van der Waals surface area contributed by atoms with E-state index in [1.807, 2.05) is 29.2 Å². The van der Waals surface area contributed by atoms with Crippen molar-refractivity contribution in [2.45, 2.75) is 45.4 Å². The van der Waals surface area contributed by atoms with Crippen LogP contribution < -0.4 is 10.2 Å². The van der Waals surface area contributed by atoms with Crippen LogP contribution in [0.5, 0.6) is 0 Å². The Kier molecular flexibility index (Phi) is 6.53. The number of hydrogen-bond acceptors (Lipinski definition) is 4. The van der Waals surface area contributed by atoms with Crippen LogP contribution in [0.15, 0.2) is 53.5 Å². The monoisotopic (exact) mass is 491 g/mol. The maximum absolute atomic E-state index is 13.5. The second kappa shape index (κ2) is 9.72. The van der Waals surface area contributed by atoms with Crippen molar-refractivity contribution >= 4 is 56.8 Å². The number of nitrogens with one attached hydrogen (secondary N) is 1. The number of thiophene rings is 1. The van der Waals surface area contributed by atoms with Crippen molar-refractivity contribution in [3.8, 4) is 0 Å². The minimum atomic E-state index is -0.192. The van der Waals surface area contributed by atoms with Gasteiger partial charge in [0.15, 0.2) is 0 Å². The van der Waals surface area contributed by atoms with E-state index in [0.717, 1.165) is 55.3 Å². The van der Waals surface area contributed by atoms with Gasteiger partial charge in [0.25, 0.3) is 11.8 Å². The molecule has 1 N–H and O–H groups in total. The Morgan fingerprint density at radius 2 is 1.88 bits per heavy atom. The summed E-state index contributed by atoms with van der Waals surface area (Å²) in [7, 11) is 0. The lowest BCUT2D eigenvalue weighted by molar-refractivity contribution is -0.112. The van der Waals surface area contributed by atoms with Crippen LogP contribution in [0.4, 0.5) is 16.4 Å². The predicted octanol–water partition coefficient (Wildman–Crippen LogP) is 6.80. The van der Waals surface area contributed by atoms with Crippen LogP contribution in [0.2, 0.25) is 5.02 Å². The van der Waals surface area contributed by atoms with Gasteiger partial charge in [-0.1, -0.05) is 43.1 Å². The molecule has 0 atom stereocenters. The van der Waals surface area contributed by atoms with Gasteiger partial charge in [-0.15, -0.1) is 11.3 Å². The number of aryl methyl sites for hydroxylation is 1. The lowest BCUT2D eigenvalue weighted by Gasteiger charge is -2.15. The number of unbranched alkanes of at least 4 members (excludes halogenated alkanes) is 1. The van der Waals surface area contributed by atoms with Crippen molar-refractivity contribution in [2.24, 2.45) is 4.99 Å². The zero-order valence-corrected chi connectivity index (χ0v) is 20.6. The number of para-hydroxylation sites is 1. The van der Waals surface area contributed by atoms with E-state index < -0.39 is 0 Å². The van der Waals surface area contributed by atoms with Gasteiger partial charge in [0.2, 0.25) is 0 Å². The van der Waals surface area contributed by atoms with Crippen LogP contribution >= 0.6 is 22.9 Å². The molecular formula is C27H26ClN3O2S. The van der Waals surface area contributed by atoms with Crippen LogP contribution in [0, 0.1) is 0 Å². The number of carbonyl (C=O) groups is 2. The van der Waals surface area contributed by atoms with Crippen molar-refractivity contribution in [2.75, 3.05) is 16.8 Å². The average Bonchev–Trinajstić information content (AvgIpc) is 3.34. The molecule has 7 heteroatoms. The van der Waals surface area contributed by atoms with Crippen molar-refractivity contribution in [3.05, 3.63) is 75.1 Å². The topological polar surface area (TPSA) is 61.8 Å². The van der Waals surface area contributed by atoms with E-state index in [9.17, 15) is 9.59 Å². The fourth-order valence-electron chi connectivity index (χ4n) is 4.60. The van der Waals surface area contributed by atoms with Gasteiger partial charge < -0.3 is 10.2 Å². The van der Waals surface area contributed by atoms with E-state index in [2.05, 4.69) is 12.2 Å². The maximum atomic E-state index is 13.5. The third kappa shape index (κ3) is 4.28. The molecule has 34 heavy (non-hydrogen) atoms. The number of aliphatic imine (C=N–C) groups is 1. The van der Waals surface area contributed by atoms with Gasteiger partial charge in [-0.25, -0.2) is 4.99 Å². The van der Waals surface area contributed by atoms with Gasteiger partial charge in [0.1, 0.15) is 10.7 Å².